The first-order valence-electron chi connectivity index (χ1n) is 12.2. The number of fused-ring (bicyclic) bond motifs is 1. The number of hydrogen-bond acceptors (Lipinski definition) is 6. The molecule has 9 heteroatoms. The van der Waals surface area contributed by atoms with Crippen molar-refractivity contribution in [1.29, 1.82) is 5.26 Å². The number of aryl methyl sites for hydroxylation is 1. The highest BCUT2D eigenvalue weighted by molar-refractivity contribution is 6.04. The fourth-order valence-corrected chi connectivity index (χ4v) is 4.76. The number of carbonyl (C=O) groups is 2. The van der Waals surface area contributed by atoms with Gasteiger partial charge >= 0.3 is 0 Å². The molecule has 0 spiro atoms. The van der Waals surface area contributed by atoms with E-state index in [4.69, 9.17) is 10.00 Å². The van der Waals surface area contributed by atoms with Crippen molar-refractivity contribution in [2.24, 2.45) is 0 Å². The molecule has 3 aromatic rings. The predicted octanol–water partition coefficient (Wildman–Crippen LogP) is 3.75. The lowest BCUT2D eigenvalue weighted by Crippen LogP contribution is -2.35. The molecule has 35 heavy (non-hydrogen) atoms. The van der Waals surface area contributed by atoms with Crippen LogP contribution in [0, 0.1) is 11.3 Å². The number of benzene rings is 1. The summed E-state index contributed by atoms with van der Waals surface area (Å²) in [6.45, 7) is 2.86. The molecule has 4 heterocycles. The lowest BCUT2D eigenvalue weighted by Gasteiger charge is -2.26. The minimum absolute atomic E-state index is 0.0353. The van der Waals surface area contributed by atoms with E-state index in [1.54, 1.807) is 36.5 Å². The molecular formula is C26H28N6O3. The van der Waals surface area contributed by atoms with Gasteiger partial charge in [-0.1, -0.05) is 6.07 Å². The normalized spacial score (nSPS) is 17.9. The first kappa shape index (κ1) is 23.0. The van der Waals surface area contributed by atoms with Crippen molar-refractivity contribution in [3.8, 4) is 6.07 Å². The summed E-state index contributed by atoms with van der Waals surface area (Å²) >= 11 is 0. The largest absolute Gasteiger partial charge is 0.378 e. The lowest BCUT2D eigenvalue weighted by atomic mass is 10.1. The molecule has 1 unspecified atom stereocenters. The minimum Gasteiger partial charge on any atom is -0.378 e. The van der Waals surface area contributed by atoms with Crippen molar-refractivity contribution < 1.29 is 14.3 Å². The van der Waals surface area contributed by atoms with E-state index < -0.39 is 0 Å². The van der Waals surface area contributed by atoms with Crippen LogP contribution in [0.15, 0.2) is 36.5 Å². The zero-order valence-corrected chi connectivity index (χ0v) is 19.6. The summed E-state index contributed by atoms with van der Waals surface area (Å²) in [6, 6.07) is 10.3. The van der Waals surface area contributed by atoms with E-state index in [1.807, 2.05) is 9.47 Å². The van der Waals surface area contributed by atoms with Gasteiger partial charge in [0.25, 0.3) is 11.8 Å². The highest BCUT2D eigenvalue weighted by Crippen LogP contribution is 2.24. The number of carbonyl (C=O) groups excluding carboxylic acids is 2. The molecule has 1 aromatic carbocycles. The first-order chi connectivity index (χ1) is 17.1. The van der Waals surface area contributed by atoms with Gasteiger partial charge in [0.15, 0.2) is 5.65 Å². The van der Waals surface area contributed by atoms with Gasteiger partial charge < -0.3 is 9.64 Å². The molecule has 0 aliphatic carbocycles. The Morgan fingerprint density at radius 2 is 2.00 bits per heavy atom. The van der Waals surface area contributed by atoms with Gasteiger partial charge in [-0.25, -0.2) is 9.97 Å². The van der Waals surface area contributed by atoms with Crippen LogP contribution in [-0.2, 0) is 11.3 Å². The molecule has 1 N–H and O–H groups in total. The fourth-order valence-electron chi connectivity index (χ4n) is 4.76. The monoisotopic (exact) mass is 472 g/mol. The van der Waals surface area contributed by atoms with Crippen LogP contribution in [0.25, 0.3) is 11.2 Å². The number of anilines is 1. The summed E-state index contributed by atoms with van der Waals surface area (Å²) in [5.74, 6) is -0.0345. The summed E-state index contributed by atoms with van der Waals surface area (Å²) in [7, 11) is 0. The van der Waals surface area contributed by atoms with E-state index >= 15 is 0 Å². The molecule has 0 saturated carbocycles. The van der Waals surface area contributed by atoms with Gasteiger partial charge in [0, 0.05) is 38.0 Å². The third kappa shape index (κ3) is 5.03. The van der Waals surface area contributed by atoms with Gasteiger partial charge in [-0.05, 0) is 62.8 Å². The van der Waals surface area contributed by atoms with Crippen LogP contribution in [0.3, 0.4) is 0 Å². The number of aromatic nitrogens is 3. The summed E-state index contributed by atoms with van der Waals surface area (Å²) in [4.78, 5) is 37.1. The quantitative estimate of drug-likeness (QED) is 0.585. The van der Waals surface area contributed by atoms with Gasteiger partial charge in [-0.2, -0.15) is 5.26 Å². The minimum atomic E-state index is -0.361. The Morgan fingerprint density at radius 3 is 2.77 bits per heavy atom. The van der Waals surface area contributed by atoms with Crippen LogP contribution in [0.5, 0.6) is 0 Å². The van der Waals surface area contributed by atoms with Gasteiger partial charge in [0.2, 0.25) is 5.95 Å². The molecule has 2 aliphatic rings. The number of pyridine rings is 1. The highest BCUT2D eigenvalue weighted by atomic mass is 16.5. The maximum atomic E-state index is 13.0. The average molecular weight is 473 g/mol. The number of likely N-dealkylation sites (tertiary alicyclic amines) is 1. The second kappa shape index (κ2) is 10.2. The number of nitrogens with one attached hydrogen (secondary N) is 1. The molecule has 2 aromatic heterocycles. The van der Waals surface area contributed by atoms with E-state index in [0.29, 0.717) is 40.3 Å². The summed E-state index contributed by atoms with van der Waals surface area (Å²) in [6.07, 6.45) is 7.79. The average Bonchev–Trinajstić information content (AvgIpc) is 3.54. The Kier molecular flexibility index (Phi) is 6.73. The highest BCUT2D eigenvalue weighted by Gasteiger charge is 2.23. The standard InChI is InChI=1S/C26H28N6O3/c27-16-18-6-4-7-19(14-18)24(33)30-26-29-22-15-20(25(34)31-10-2-1-3-11-31)17-28-23(22)32(26)12-9-21-8-5-13-35-21/h4,6-7,14-15,17,21H,1-3,5,8-13H2,(H,29,30,33). The molecule has 1 atom stereocenters. The topological polar surface area (TPSA) is 113 Å². The molecule has 2 amide bonds. The fraction of sp³-hybridized carbons (Fsp3) is 0.423. The van der Waals surface area contributed by atoms with Crippen molar-refractivity contribution in [2.75, 3.05) is 25.0 Å². The van der Waals surface area contributed by atoms with Crippen LogP contribution >= 0.6 is 0 Å². The Balaban J connectivity index is 1.44. The smallest absolute Gasteiger partial charge is 0.258 e. The van der Waals surface area contributed by atoms with Gasteiger partial charge in [-0.15, -0.1) is 0 Å². The number of amides is 2. The van der Waals surface area contributed by atoms with Crippen molar-refractivity contribution in [1.82, 2.24) is 19.4 Å². The van der Waals surface area contributed by atoms with Crippen LogP contribution in [0.2, 0.25) is 0 Å². The lowest BCUT2D eigenvalue weighted by molar-refractivity contribution is 0.0724. The molecular weight excluding hydrogens is 444 g/mol. The molecule has 2 aliphatic heterocycles. The molecule has 9 nitrogen and oxygen atoms in total. The Labute approximate surface area is 203 Å². The summed E-state index contributed by atoms with van der Waals surface area (Å²) in [5, 5.41) is 12.0. The second-order valence-electron chi connectivity index (χ2n) is 9.08. The Hall–Kier alpha value is -3.77. The van der Waals surface area contributed by atoms with Crippen molar-refractivity contribution in [2.45, 2.75) is 51.2 Å². The number of imidazole rings is 1. The van der Waals surface area contributed by atoms with Crippen LogP contribution < -0.4 is 5.32 Å². The number of ether oxygens (including phenoxy) is 1. The van der Waals surface area contributed by atoms with E-state index in [9.17, 15) is 9.59 Å². The number of piperidine rings is 1. The number of hydrogen-bond donors (Lipinski definition) is 1. The van der Waals surface area contributed by atoms with Crippen molar-refractivity contribution in [3.05, 3.63) is 53.2 Å². The Morgan fingerprint density at radius 1 is 1.14 bits per heavy atom. The summed E-state index contributed by atoms with van der Waals surface area (Å²) < 4.78 is 7.65. The molecule has 2 fully saturated rings. The predicted molar refractivity (Wildman–Crippen MR) is 130 cm³/mol. The first-order valence-corrected chi connectivity index (χ1v) is 12.2. The SMILES string of the molecule is N#Cc1cccc(C(=O)Nc2nc3cc(C(=O)N4CCCCC4)cnc3n2CCC2CCCO2)c1. The second-order valence-corrected chi connectivity index (χ2v) is 9.08. The molecule has 5 rings (SSSR count). The third-order valence-corrected chi connectivity index (χ3v) is 6.65. The molecule has 0 radical (unpaired) electrons. The van der Waals surface area contributed by atoms with E-state index in [-0.39, 0.29) is 17.9 Å². The third-order valence-electron chi connectivity index (χ3n) is 6.65. The summed E-state index contributed by atoms with van der Waals surface area (Å²) in [5.41, 5.74) is 2.45. The molecule has 0 bridgehead atoms. The molecule has 180 valence electrons. The number of nitriles is 1. The Bertz CT molecular complexity index is 1280. The van der Waals surface area contributed by atoms with Gasteiger partial charge in [0.05, 0.1) is 23.3 Å². The maximum absolute atomic E-state index is 13.0. The van der Waals surface area contributed by atoms with E-state index in [2.05, 4.69) is 21.4 Å². The van der Waals surface area contributed by atoms with Crippen LogP contribution in [-0.4, -0.2) is 57.0 Å². The maximum Gasteiger partial charge on any atom is 0.258 e. The van der Waals surface area contributed by atoms with Gasteiger partial charge in [0.1, 0.15) is 5.52 Å². The number of rotatable bonds is 6. The van der Waals surface area contributed by atoms with E-state index in [1.165, 1.54) is 0 Å². The van der Waals surface area contributed by atoms with Gasteiger partial charge in [-0.3, -0.25) is 19.5 Å². The van der Waals surface area contributed by atoms with E-state index in [0.717, 1.165) is 58.2 Å². The zero-order chi connectivity index (χ0) is 24.2. The molecule has 2 saturated heterocycles. The van der Waals surface area contributed by atoms with Crippen molar-refractivity contribution >= 4 is 28.9 Å². The van der Waals surface area contributed by atoms with Crippen LogP contribution in [0.1, 0.15) is 64.8 Å². The van der Waals surface area contributed by atoms with Crippen LogP contribution in [0.4, 0.5) is 5.95 Å². The number of nitrogens with zero attached hydrogens (tertiary/aromatic N) is 5. The van der Waals surface area contributed by atoms with Crippen molar-refractivity contribution in [3.63, 3.8) is 0 Å². The zero-order valence-electron chi connectivity index (χ0n) is 19.6.